The standard InChI is InChI=1S/C26H31N3O4/c1-19(25(29-32)27-16-15-20-5-3-2-4-6-20)28-26(31)23-9-7-21(8-10-23)22-11-13-24(14-12-22)33-18-17-30/h2-14,19,25,27,29-30,32H,15-18H2,1H3,(H,28,31). The largest absolute Gasteiger partial charge is 0.491 e. The number of hydrogen-bond donors (Lipinski definition) is 5. The van der Waals surface area contributed by atoms with E-state index in [0.29, 0.717) is 17.9 Å². The van der Waals surface area contributed by atoms with E-state index in [4.69, 9.17) is 9.84 Å². The summed E-state index contributed by atoms with van der Waals surface area (Å²) in [5.41, 5.74) is 5.96. The maximum atomic E-state index is 12.7. The fourth-order valence-corrected chi connectivity index (χ4v) is 3.45. The van der Waals surface area contributed by atoms with Gasteiger partial charge in [-0.1, -0.05) is 54.6 Å². The molecule has 174 valence electrons. The highest BCUT2D eigenvalue weighted by molar-refractivity contribution is 5.94. The Hall–Kier alpha value is -3.23. The summed E-state index contributed by atoms with van der Waals surface area (Å²) in [6, 6.07) is 24.6. The third kappa shape index (κ3) is 7.40. The number of aliphatic hydroxyl groups is 1. The molecule has 2 unspecified atom stereocenters. The van der Waals surface area contributed by atoms with Gasteiger partial charge in [-0.3, -0.25) is 10.1 Å². The molecule has 0 aromatic heterocycles. The van der Waals surface area contributed by atoms with Gasteiger partial charge >= 0.3 is 0 Å². The Kier molecular flexibility index (Phi) is 9.41. The Balaban J connectivity index is 1.52. The van der Waals surface area contributed by atoms with Gasteiger partial charge < -0.3 is 20.4 Å². The first kappa shape index (κ1) is 24.4. The molecule has 0 fully saturated rings. The summed E-state index contributed by atoms with van der Waals surface area (Å²) in [6.07, 6.45) is 0.332. The fraction of sp³-hybridized carbons (Fsp3) is 0.269. The molecule has 0 aliphatic rings. The normalized spacial score (nSPS) is 12.7. The molecule has 0 bridgehead atoms. The van der Waals surface area contributed by atoms with Gasteiger partial charge in [0.25, 0.3) is 5.91 Å². The summed E-state index contributed by atoms with van der Waals surface area (Å²) >= 11 is 0. The van der Waals surface area contributed by atoms with Crippen LogP contribution in [0.25, 0.3) is 11.1 Å². The van der Waals surface area contributed by atoms with Crippen LogP contribution in [0.3, 0.4) is 0 Å². The molecule has 7 heteroatoms. The summed E-state index contributed by atoms with van der Waals surface area (Å²) in [5, 5.41) is 24.5. The van der Waals surface area contributed by atoms with Crippen LogP contribution in [0, 0.1) is 0 Å². The molecular weight excluding hydrogens is 418 g/mol. The smallest absolute Gasteiger partial charge is 0.251 e. The van der Waals surface area contributed by atoms with Crippen molar-refractivity contribution in [1.82, 2.24) is 16.1 Å². The third-order valence-corrected chi connectivity index (χ3v) is 5.31. The van der Waals surface area contributed by atoms with E-state index in [1.165, 1.54) is 5.56 Å². The molecule has 3 rings (SSSR count). The third-order valence-electron chi connectivity index (χ3n) is 5.31. The van der Waals surface area contributed by atoms with Gasteiger partial charge in [0.2, 0.25) is 0 Å². The van der Waals surface area contributed by atoms with Crippen molar-refractivity contribution in [3.05, 3.63) is 90.0 Å². The predicted octanol–water partition coefficient (Wildman–Crippen LogP) is 2.98. The van der Waals surface area contributed by atoms with Crippen LogP contribution in [0.15, 0.2) is 78.9 Å². The molecule has 0 radical (unpaired) electrons. The van der Waals surface area contributed by atoms with Crippen molar-refractivity contribution in [2.45, 2.75) is 25.6 Å². The molecular formula is C26H31N3O4. The molecule has 0 aliphatic carbocycles. The first-order valence-electron chi connectivity index (χ1n) is 11.0. The number of rotatable bonds is 12. The van der Waals surface area contributed by atoms with E-state index >= 15 is 0 Å². The number of aliphatic hydroxyl groups excluding tert-OH is 1. The van der Waals surface area contributed by atoms with E-state index in [1.807, 2.05) is 61.5 Å². The lowest BCUT2D eigenvalue weighted by Gasteiger charge is -2.25. The van der Waals surface area contributed by atoms with E-state index < -0.39 is 6.17 Å². The Morgan fingerprint density at radius 1 is 0.939 bits per heavy atom. The number of amides is 1. The fourth-order valence-electron chi connectivity index (χ4n) is 3.45. The zero-order chi connectivity index (χ0) is 23.5. The molecule has 3 aromatic carbocycles. The second-order valence-electron chi connectivity index (χ2n) is 7.73. The van der Waals surface area contributed by atoms with Crippen molar-refractivity contribution in [2.75, 3.05) is 19.8 Å². The van der Waals surface area contributed by atoms with Gasteiger partial charge in [0.05, 0.1) is 12.6 Å². The molecule has 2 atom stereocenters. The second kappa shape index (κ2) is 12.7. The Labute approximate surface area is 194 Å². The van der Waals surface area contributed by atoms with Gasteiger partial charge in [-0.2, -0.15) is 5.48 Å². The summed E-state index contributed by atoms with van der Waals surface area (Å²) < 4.78 is 5.38. The van der Waals surface area contributed by atoms with Gasteiger partial charge in [-0.05, 0) is 54.3 Å². The topological polar surface area (TPSA) is 103 Å². The number of hydrogen-bond acceptors (Lipinski definition) is 6. The zero-order valence-corrected chi connectivity index (χ0v) is 18.7. The van der Waals surface area contributed by atoms with Crippen molar-refractivity contribution in [3.8, 4) is 16.9 Å². The van der Waals surface area contributed by atoms with Crippen LogP contribution in [0.1, 0.15) is 22.8 Å². The first-order chi connectivity index (χ1) is 16.1. The van der Waals surface area contributed by atoms with Gasteiger partial charge in [0.15, 0.2) is 0 Å². The highest BCUT2D eigenvalue weighted by Gasteiger charge is 2.18. The van der Waals surface area contributed by atoms with Crippen molar-refractivity contribution in [2.24, 2.45) is 0 Å². The van der Waals surface area contributed by atoms with Crippen molar-refractivity contribution >= 4 is 5.91 Å². The number of carbonyl (C=O) groups is 1. The van der Waals surface area contributed by atoms with Crippen LogP contribution in [0.2, 0.25) is 0 Å². The van der Waals surface area contributed by atoms with Crippen LogP contribution >= 0.6 is 0 Å². The van der Waals surface area contributed by atoms with Crippen LogP contribution < -0.4 is 20.9 Å². The summed E-state index contributed by atoms with van der Waals surface area (Å²) in [5.74, 6) is 0.481. The molecule has 5 N–H and O–H groups in total. The average Bonchev–Trinajstić information content (AvgIpc) is 2.86. The van der Waals surface area contributed by atoms with Crippen molar-refractivity contribution in [3.63, 3.8) is 0 Å². The predicted molar refractivity (Wildman–Crippen MR) is 128 cm³/mol. The summed E-state index contributed by atoms with van der Waals surface area (Å²) in [6.45, 7) is 2.72. The Morgan fingerprint density at radius 2 is 1.58 bits per heavy atom. The molecule has 33 heavy (non-hydrogen) atoms. The lowest BCUT2D eigenvalue weighted by Crippen LogP contribution is -2.55. The molecule has 0 saturated carbocycles. The maximum Gasteiger partial charge on any atom is 0.251 e. The van der Waals surface area contributed by atoms with Crippen molar-refractivity contribution < 1.29 is 19.8 Å². The summed E-state index contributed by atoms with van der Waals surface area (Å²) in [4.78, 5) is 12.7. The highest BCUT2D eigenvalue weighted by Crippen LogP contribution is 2.23. The number of benzene rings is 3. The molecule has 0 aliphatic heterocycles. The lowest BCUT2D eigenvalue weighted by molar-refractivity contribution is 0.0791. The van der Waals surface area contributed by atoms with E-state index in [-0.39, 0.29) is 25.2 Å². The Morgan fingerprint density at radius 3 is 2.18 bits per heavy atom. The van der Waals surface area contributed by atoms with Gasteiger partial charge in [0, 0.05) is 12.1 Å². The minimum Gasteiger partial charge on any atom is -0.491 e. The van der Waals surface area contributed by atoms with Gasteiger partial charge in [-0.15, -0.1) is 0 Å². The molecule has 7 nitrogen and oxygen atoms in total. The number of carbonyl (C=O) groups excluding carboxylic acids is 1. The summed E-state index contributed by atoms with van der Waals surface area (Å²) in [7, 11) is 0. The molecule has 1 amide bonds. The number of hydroxylamine groups is 1. The van der Waals surface area contributed by atoms with Crippen LogP contribution in [0.4, 0.5) is 0 Å². The van der Waals surface area contributed by atoms with Crippen molar-refractivity contribution in [1.29, 1.82) is 0 Å². The van der Waals surface area contributed by atoms with Crippen LogP contribution in [-0.4, -0.2) is 48.2 Å². The first-order valence-corrected chi connectivity index (χ1v) is 11.0. The zero-order valence-electron chi connectivity index (χ0n) is 18.7. The number of nitrogens with one attached hydrogen (secondary N) is 3. The quantitative estimate of drug-likeness (QED) is 0.215. The second-order valence-corrected chi connectivity index (χ2v) is 7.73. The average molecular weight is 450 g/mol. The van der Waals surface area contributed by atoms with Crippen LogP contribution in [0.5, 0.6) is 5.75 Å². The lowest BCUT2D eigenvalue weighted by atomic mass is 10.0. The van der Waals surface area contributed by atoms with E-state index in [0.717, 1.165) is 17.5 Å². The molecule has 3 aromatic rings. The van der Waals surface area contributed by atoms with Gasteiger partial charge in [-0.25, -0.2) is 0 Å². The van der Waals surface area contributed by atoms with E-state index in [9.17, 15) is 10.0 Å². The monoisotopic (exact) mass is 449 g/mol. The minimum absolute atomic E-state index is 0.0250. The Bertz CT molecular complexity index is 979. The van der Waals surface area contributed by atoms with Gasteiger partial charge in [0.1, 0.15) is 18.5 Å². The molecule has 0 heterocycles. The number of ether oxygens (including phenoxy) is 1. The SMILES string of the molecule is CC(NC(=O)c1ccc(-c2ccc(OCCO)cc2)cc1)C(NO)NCCc1ccccc1. The molecule has 0 saturated heterocycles. The van der Waals surface area contributed by atoms with E-state index in [2.05, 4.69) is 28.2 Å². The maximum absolute atomic E-state index is 12.7. The van der Waals surface area contributed by atoms with E-state index in [1.54, 1.807) is 12.1 Å². The molecule has 0 spiro atoms. The van der Waals surface area contributed by atoms with Crippen LogP contribution in [-0.2, 0) is 6.42 Å². The minimum atomic E-state index is -0.483. The highest BCUT2D eigenvalue weighted by atomic mass is 16.5.